The van der Waals surface area contributed by atoms with Crippen LogP contribution in [0.15, 0.2) is 41.6 Å². The summed E-state index contributed by atoms with van der Waals surface area (Å²) < 4.78 is 1.73. The van der Waals surface area contributed by atoms with Gasteiger partial charge in [-0.1, -0.05) is 30.3 Å². The van der Waals surface area contributed by atoms with Crippen LogP contribution in [0.5, 0.6) is 0 Å². The Kier molecular flexibility index (Phi) is 5.01. The van der Waals surface area contributed by atoms with Crippen molar-refractivity contribution in [2.45, 2.75) is 13.0 Å². The number of thiocarbonyl (C=S) groups is 1. The van der Waals surface area contributed by atoms with Crippen molar-refractivity contribution in [3.05, 3.63) is 42.1 Å². The van der Waals surface area contributed by atoms with Crippen LogP contribution in [0.2, 0.25) is 0 Å². The highest BCUT2D eigenvalue weighted by Gasteiger charge is 2.09. The number of nitrogens with zero attached hydrogens (tertiary/aromatic N) is 4. The molecule has 0 saturated heterocycles. The topological polar surface area (TPSA) is 92.0 Å². The number of nitrogens with one attached hydrogen (secondary N) is 1. The number of hydrogen-bond donors (Lipinski definition) is 2. The van der Waals surface area contributed by atoms with Crippen molar-refractivity contribution in [1.29, 1.82) is 5.26 Å². The van der Waals surface area contributed by atoms with E-state index in [9.17, 15) is 0 Å². The SMILES string of the molecule is N#CCCn1cc(/C=N\NC(N)=S)c(-c2ccccc2)n1. The predicted octanol–water partition coefficient (Wildman–Crippen LogP) is 1.63. The zero-order valence-electron chi connectivity index (χ0n) is 11.2. The van der Waals surface area contributed by atoms with Gasteiger partial charge in [-0.05, 0) is 12.2 Å². The molecule has 2 rings (SSSR count). The van der Waals surface area contributed by atoms with Crippen LogP contribution in [0, 0.1) is 11.3 Å². The van der Waals surface area contributed by atoms with Crippen molar-refractivity contribution >= 4 is 23.5 Å². The summed E-state index contributed by atoms with van der Waals surface area (Å²) in [4.78, 5) is 0. The lowest BCUT2D eigenvalue weighted by atomic mass is 10.1. The van der Waals surface area contributed by atoms with Crippen LogP contribution in [-0.2, 0) is 6.54 Å². The van der Waals surface area contributed by atoms with E-state index >= 15 is 0 Å². The maximum atomic E-state index is 8.67. The molecule has 1 heterocycles. The molecule has 0 unspecified atom stereocenters. The second-order valence-corrected chi connectivity index (χ2v) is 4.64. The summed E-state index contributed by atoms with van der Waals surface area (Å²) in [7, 11) is 0. The molecule has 1 aromatic carbocycles. The van der Waals surface area contributed by atoms with Crippen LogP contribution in [0.1, 0.15) is 12.0 Å². The third-order valence-electron chi connectivity index (χ3n) is 2.67. The van der Waals surface area contributed by atoms with Crippen molar-refractivity contribution in [1.82, 2.24) is 15.2 Å². The molecular formula is C14H14N6S. The maximum Gasteiger partial charge on any atom is 0.184 e. The fourth-order valence-electron chi connectivity index (χ4n) is 1.80. The van der Waals surface area contributed by atoms with Crippen molar-refractivity contribution in [3.8, 4) is 17.3 Å². The van der Waals surface area contributed by atoms with Crippen LogP contribution in [-0.4, -0.2) is 21.1 Å². The molecule has 0 aliphatic rings. The molecule has 1 aromatic heterocycles. The molecule has 7 heteroatoms. The van der Waals surface area contributed by atoms with Gasteiger partial charge >= 0.3 is 0 Å². The van der Waals surface area contributed by atoms with Gasteiger partial charge in [-0.2, -0.15) is 15.5 Å². The highest BCUT2D eigenvalue weighted by atomic mass is 32.1. The summed E-state index contributed by atoms with van der Waals surface area (Å²) in [5, 5.41) is 17.2. The molecule has 2 aromatic rings. The Balaban J connectivity index is 2.32. The predicted molar refractivity (Wildman–Crippen MR) is 85.4 cm³/mol. The number of rotatable bonds is 5. The first-order valence-electron chi connectivity index (χ1n) is 6.29. The van der Waals surface area contributed by atoms with Crippen LogP contribution in [0.3, 0.4) is 0 Å². The van der Waals surface area contributed by atoms with Crippen molar-refractivity contribution < 1.29 is 0 Å². The minimum Gasteiger partial charge on any atom is -0.375 e. The molecule has 0 aliphatic heterocycles. The van der Waals surface area contributed by atoms with E-state index in [-0.39, 0.29) is 5.11 Å². The fourth-order valence-corrected chi connectivity index (χ4v) is 1.85. The number of aryl methyl sites for hydroxylation is 1. The van der Waals surface area contributed by atoms with Gasteiger partial charge in [-0.25, -0.2) is 0 Å². The lowest BCUT2D eigenvalue weighted by Crippen LogP contribution is -2.24. The van der Waals surface area contributed by atoms with Gasteiger partial charge in [0.05, 0.1) is 25.2 Å². The second kappa shape index (κ2) is 7.17. The number of hydrazone groups is 1. The second-order valence-electron chi connectivity index (χ2n) is 4.20. The lowest BCUT2D eigenvalue weighted by Gasteiger charge is -1.98. The first-order valence-corrected chi connectivity index (χ1v) is 6.70. The lowest BCUT2D eigenvalue weighted by molar-refractivity contribution is 0.629. The van der Waals surface area contributed by atoms with E-state index < -0.39 is 0 Å². The van der Waals surface area contributed by atoms with Gasteiger partial charge in [-0.3, -0.25) is 10.1 Å². The first kappa shape index (κ1) is 14.7. The Morgan fingerprint density at radius 3 is 2.90 bits per heavy atom. The Hall–Kier alpha value is -2.72. The largest absolute Gasteiger partial charge is 0.375 e. The summed E-state index contributed by atoms with van der Waals surface area (Å²) in [6.07, 6.45) is 3.85. The summed E-state index contributed by atoms with van der Waals surface area (Å²) in [5.41, 5.74) is 10.4. The molecule has 0 aliphatic carbocycles. The van der Waals surface area contributed by atoms with Gasteiger partial charge in [0, 0.05) is 17.3 Å². The standard InChI is InChI=1S/C14H14N6S/c15-7-4-8-20-10-12(9-17-18-14(16)21)13(19-20)11-5-2-1-3-6-11/h1-3,5-6,9-10H,4,8H2,(H3,16,18,21)/b17-9-. The molecule has 0 atom stereocenters. The van der Waals surface area contributed by atoms with E-state index in [4.69, 9.17) is 23.2 Å². The minimum atomic E-state index is 0.101. The summed E-state index contributed by atoms with van der Waals surface area (Å²) in [5.74, 6) is 0. The Labute approximate surface area is 127 Å². The van der Waals surface area contributed by atoms with E-state index in [2.05, 4.69) is 21.7 Å². The number of hydrogen-bond acceptors (Lipinski definition) is 4. The molecule has 0 radical (unpaired) electrons. The molecule has 0 saturated carbocycles. The number of aromatic nitrogens is 2. The van der Waals surface area contributed by atoms with Crippen LogP contribution in [0.4, 0.5) is 0 Å². The van der Waals surface area contributed by atoms with Gasteiger partial charge in [0.25, 0.3) is 0 Å². The molecule has 0 bridgehead atoms. The molecule has 3 N–H and O–H groups in total. The van der Waals surface area contributed by atoms with Crippen LogP contribution < -0.4 is 11.2 Å². The summed E-state index contributed by atoms with van der Waals surface area (Å²) >= 11 is 4.70. The molecule has 21 heavy (non-hydrogen) atoms. The average molecular weight is 298 g/mol. The first-order chi connectivity index (χ1) is 10.2. The van der Waals surface area contributed by atoms with E-state index in [1.165, 1.54) is 0 Å². The van der Waals surface area contributed by atoms with E-state index in [0.717, 1.165) is 16.8 Å². The zero-order valence-corrected chi connectivity index (χ0v) is 12.0. The molecule has 0 spiro atoms. The Morgan fingerprint density at radius 2 is 2.24 bits per heavy atom. The molecule has 0 amide bonds. The minimum absolute atomic E-state index is 0.101. The van der Waals surface area contributed by atoms with Gasteiger partial charge in [0.2, 0.25) is 0 Å². The maximum absolute atomic E-state index is 8.67. The van der Waals surface area contributed by atoms with Gasteiger partial charge in [0.1, 0.15) is 5.69 Å². The molecule has 106 valence electrons. The number of nitriles is 1. The summed E-state index contributed by atoms with van der Waals surface area (Å²) in [6.45, 7) is 0.535. The van der Waals surface area contributed by atoms with Crippen LogP contribution in [0.25, 0.3) is 11.3 Å². The Morgan fingerprint density at radius 1 is 1.48 bits per heavy atom. The monoisotopic (exact) mass is 298 g/mol. The van der Waals surface area contributed by atoms with E-state index in [1.54, 1.807) is 10.9 Å². The van der Waals surface area contributed by atoms with E-state index in [0.29, 0.717) is 13.0 Å². The summed E-state index contributed by atoms with van der Waals surface area (Å²) in [6, 6.07) is 11.9. The van der Waals surface area contributed by atoms with Crippen LogP contribution >= 0.6 is 12.2 Å². The number of nitrogens with two attached hydrogens (primary N) is 1. The quantitative estimate of drug-likeness (QED) is 0.497. The highest BCUT2D eigenvalue weighted by molar-refractivity contribution is 7.80. The van der Waals surface area contributed by atoms with E-state index in [1.807, 2.05) is 36.5 Å². The van der Waals surface area contributed by atoms with Crippen molar-refractivity contribution in [2.24, 2.45) is 10.8 Å². The number of benzene rings is 1. The average Bonchev–Trinajstić information content (AvgIpc) is 2.89. The fraction of sp³-hybridized carbons (Fsp3) is 0.143. The van der Waals surface area contributed by atoms with Gasteiger partial charge in [0.15, 0.2) is 5.11 Å². The molecule has 0 fully saturated rings. The third-order valence-corrected chi connectivity index (χ3v) is 2.76. The molecular weight excluding hydrogens is 284 g/mol. The van der Waals surface area contributed by atoms with Gasteiger partial charge in [-0.15, -0.1) is 0 Å². The molecule has 6 nitrogen and oxygen atoms in total. The third kappa shape index (κ3) is 4.12. The van der Waals surface area contributed by atoms with Crippen molar-refractivity contribution in [2.75, 3.05) is 0 Å². The zero-order chi connectivity index (χ0) is 15.1. The highest BCUT2D eigenvalue weighted by Crippen LogP contribution is 2.20. The normalized spacial score (nSPS) is 10.4. The Bertz CT molecular complexity index is 683. The van der Waals surface area contributed by atoms with Crippen molar-refractivity contribution in [3.63, 3.8) is 0 Å². The smallest absolute Gasteiger partial charge is 0.184 e. The van der Waals surface area contributed by atoms with Gasteiger partial charge < -0.3 is 5.73 Å².